The van der Waals surface area contributed by atoms with Gasteiger partial charge in [-0.15, -0.1) is 0 Å². The van der Waals surface area contributed by atoms with E-state index in [2.05, 4.69) is 10.3 Å². The summed E-state index contributed by atoms with van der Waals surface area (Å²) in [6.45, 7) is 1.87. The van der Waals surface area contributed by atoms with E-state index in [1.807, 2.05) is 19.1 Å². The zero-order chi connectivity index (χ0) is 14.9. The van der Waals surface area contributed by atoms with Crippen LogP contribution in [0.5, 0.6) is 0 Å². The first kappa shape index (κ1) is 13.7. The highest BCUT2D eigenvalue weighted by molar-refractivity contribution is 5.99. The molecule has 2 aromatic rings. The van der Waals surface area contributed by atoms with E-state index >= 15 is 0 Å². The number of carbonyl (C=O) groups is 1. The quantitative estimate of drug-likeness (QED) is 0.936. The summed E-state index contributed by atoms with van der Waals surface area (Å²) in [6.07, 6.45) is 2.28. The van der Waals surface area contributed by atoms with E-state index in [0.717, 1.165) is 12.1 Å². The number of pyridine rings is 1. The van der Waals surface area contributed by atoms with Crippen molar-refractivity contribution in [3.8, 4) is 0 Å². The number of nitrogens with one attached hydrogen (secondary N) is 1. The lowest BCUT2D eigenvalue weighted by atomic mass is 9.63. The van der Waals surface area contributed by atoms with E-state index in [0.29, 0.717) is 24.2 Å². The van der Waals surface area contributed by atoms with Crippen LogP contribution in [0.2, 0.25) is 0 Å². The number of carbonyl (C=O) groups excluding carboxylic acids is 1. The summed E-state index contributed by atoms with van der Waals surface area (Å²) in [6, 6.07) is 12.0. The Bertz CT molecular complexity index is 680. The second-order valence-corrected chi connectivity index (χ2v) is 5.53. The van der Waals surface area contributed by atoms with Crippen LogP contribution in [0.25, 0.3) is 0 Å². The Labute approximate surface area is 123 Å². The Morgan fingerprint density at radius 2 is 1.95 bits per heavy atom. The number of nitrogens with zero attached hydrogens (tertiary/aromatic N) is 1. The smallest absolute Gasteiger partial charge is 0.236 e. The Kier molecular flexibility index (Phi) is 3.45. The van der Waals surface area contributed by atoms with Crippen LogP contribution in [0.15, 0.2) is 42.5 Å². The average molecular weight is 284 g/mol. The lowest BCUT2D eigenvalue weighted by Gasteiger charge is -2.40. The van der Waals surface area contributed by atoms with E-state index in [1.54, 1.807) is 24.3 Å². The summed E-state index contributed by atoms with van der Waals surface area (Å²) in [7, 11) is 0. The van der Waals surface area contributed by atoms with Crippen molar-refractivity contribution in [2.45, 2.75) is 31.6 Å². The van der Waals surface area contributed by atoms with Gasteiger partial charge >= 0.3 is 0 Å². The molecule has 3 rings (SSSR count). The van der Waals surface area contributed by atoms with Crippen molar-refractivity contribution in [3.63, 3.8) is 0 Å². The lowest BCUT2D eigenvalue weighted by Crippen LogP contribution is -2.46. The minimum absolute atomic E-state index is 0.169. The van der Waals surface area contributed by atoms with Gasteiger partial charge in [-0.05, 0) is 38.0 Å². The summed E-state index contributed by atoms with van der Waals surface area (Å²) in [5.41, 5.74) is 0.569. The molecule has 0 bridgehead atoms. The Balaban J connectivity index is 1.90. The van der Waals surface area contributed by atoms with Gasteiger partial charge in [0, 0.05) is 11.3 Å². The number of benzene rings is 1. The first-order chi connectivity index (χ1) is 10.1. The predicted molar refractivity (Wildman–Crippen MR) is 79.5 cm³/mol. The van der Waals surface area contributed by atoms with E-state index < -0.39 is 5.41 Å². The molecule has 1 aliphatic rings. The molecule has 1 fully saturated rings. The van der Waals surface area contributed by atoms with Crippen molar-refractivity contribution in [2.75, 3.05) is 5.32 Å². The highest BCUT2D eigenvalue weighted by atomic mass is 19.1. The van der Waals surface area contributed by atoms with E-state index in [9.17, 15) is 9.18 Å². The molecule has 21 heavy (non-hydrogen) atoms. The van der Waals surface area contributed by atoms with Crippen LogP contribution in [0.1, 0.15) is 30.5 Å². The fourth-order valence-electron chi connectivity index (χ4n) is 2.85. The molecule has 0 radical (unpaired) electrons. The predicted octanol–water partition coefficient (Wildman–Crippen LogP) is 3.59. The zero-order valence-electron chi connectivity index (χ0n) is 11.9. The second kappa shape index (κ2) is 5.28. The Morgan fingerprint density at radius 1 is 1.19 bits per heavy atom. The normalized spacial score (nSPS) is 16.1. The van der Waals surface area contributed by atoms with Crippen LogP contribution >= 0.6 is 0 Å². The highest BCUT2D eigenvalue weighted by Gasteiger charge is 2.47. The first-order valence-corrected chi connectivity index (χ1v) is 7.12. The van der Waals surface area contributed by atoms with Gasteiger partial charge in [0.15, 0.2) is 0 Å². The SMILES string of the molecule is Cc1cccc(NC(=O)C2(c3ccccc3F)CCC2)n1. The molecule has 1 saturated carbocycles. The lowest BCUT2D eigenvalue weighted by molar-refractivity contribution is -0.124. The molecule has 4 heteroatoms. The number of amides is 1. The summed E-state index contributed by atoms with van der Waals surface area (Å²) < 4.78 is 14.1. The van der Waals surface area contributed by atoms with E-state index in [-0.39, 0.29) is 11.7 Å². The molecule has 0 atom stereocenters. The highest BCUT2D eigenvalue weighted by Crippen LogP contribution is 2.45. The third-order valence-electron chi connectivity index (χ3n) is 4.16. The molecule has 1 aromatic heterocycles. The van der Waals surface area contributed by atoms with Crippen LogP contribution in [0.3, 0.4) is 0 Å². The molecule has 0 unspecified atom stereocenters. The first-order valence-electron chi connectivity index (χ1n) is 7.12. The minimum Gasteiger partial charge on any atom is -0.310 e. The monoisotopic (exact) mass is 284 g/mol. The molecule has 1 aliphatic carbocycles. The second-order valence-electron chi connectivity index (χ2n) is 5.53. The molecular formula is C17H17FN2O. The van der Waals surface area contributed by atoms with Crippen LogP contribution in [-0.2, 0) is 10.2 Å². The van der Waals surface area contributed by atoms with Crippen LogP contribution in [-0.4, -0.2) is 10.9 Å². The molecule has 1 amide bonds. The average Bonchev–Trinajstić information content (AvgIpc) is 2.39. The maximum atomic E-state index is 14.1. The fourth-order valence-corrected chi connectivity index (χ4v) is 2.85. The Hall–Kier alpha value is -2.23. The molecule has 0 spiro atoms. The largest absolute Gasteiger partial charge is 0.310 e. The summed E-state index contributed by atoms with van der Waals surface area (Å²) in [4.78, 5) is 16.9. The van der Waals surface area contributed by atoms with Gasteiger partial charge < -0.3 is 5.32 Å². The van der Waals surface area contributed by atoms with Crippen molar-refractivity contribution in [2.24, 2.45) is 0 Å². The topological polar surface area (TPSA) is 42.0 Å². The van der Waals surface area contributed by atoms with E-state index in [4.69, 9.17) is 0 Å². The van der Waals surface area contributed by atoms with Crippen molar-refractivity contribution in [3.05, 3.63) is 59.5 Å². The van der Waals surface area contributed by atoms with Crippen LogP contribution in [0, 0.1) is 12.7 Å². The standard InChI is InChI=1S/C17H17FN2O/c1-12-6-4-9-15(19-12)20-16(21)17(10-5-11-17)13-7-2-3-8-14(13)18/h2-4,6-9H,5,10-11H2,1H3,(H,19,20,21). The number of halogens is 1. The van der Waals surface area contributed by atoms with Crippen LogP contribution in [0.4, 0.5) is 10.2 Å². The van der Waals surface area contributed by atoms with Gasteiger partial charge in [0.2, 0.25) is 5.91 Å². The molecule has 0 aliphatic heterocycles. The summed E-state index contributed by atoms with van der Waals surface area (Å²) in [5.74, 6) is 0.0316. The number of hydrogen-bond donors (Lipinski definition) is 1. The molecule has 0 saturated heterocycles. The van der Waals surface area contributed by atoms with Gasteiger partial charge in [-0.25, -0.2) is 9.37 Å². The molecule has 1 aromatic carbocycles. The number of aryl methyl sites for hydroxylation is 1. The van der Waals surface area contributed by atoms with Crippen molar-refractivity contribution in [1.29, 1.82) is 0 Å². The van der Waals surface area contributed by atoms with Gasteiger partial charge in [-0.2, -0.15) is 0 Å². The summed E-state index contributed by atoms with van der Waals surface area (Å²) >= 11 is 0. The van der Waals surface area contributed by atoms with Crippen molar-refractivity contribution < 1.29 is 9.18 Å². The number of anilines is 1. The van der Waals surface area contributed by atoms with Crippen molar-refractivity contribution >= 4 is 11.7 Å². The molecule has 1 heterocycles. The van der Waals surface area contributed by atoms with Gasteiger partial charge in [-0.1, -0.05) is 30.7 Å². The van der Waals surface area contributed by atoms with Gasteiger partial charge in [-0.3, -0.25) is 4.79 Å². The maximum absolute atomic E-state index is 14.1. The third-order valence-corrected chi connectivity index (χ3v) is 4.16. The number of aromatic nitrogens is 1. The van der Waals surface area contributed by atoms with Crippen LogP contribution < -0.4 is 5.32 Å². The Morgan fingerprint density at radius 3 is 2.57 bits per heavy atom. The third kappa shape index (κ3) is 2.42. The molecule has 108 valence electrons. The van der Waals surface area contributed by atoms with Gasteiger partial charge in [0.1, 0.15) is 11.6 Å². The zero-order valence-corrected chi connectivity index (χ0v) is 11.9. The maximum Gasteiger partial charge on any atom is 0.236 e. The molecular weight excluding hydrogens is 267 g/mol. The number of hydrogen-bond acceptors (Lipinski definition) is 2. The van der Waals surface area contributed by atoms with Gasteiger partial charge in [0.05, 0.1) is 5.41 Å². The summed E-state index contributed by atoms with van der Waals surface area (Å²) in [5, 5.41) is 2.83. The van der Waals surface area contributed by atoms with Gasteiger partial charge in [0.25, 0.3) is 0 Å². The number of rotatable bonds is 3. The van der Waals surface area contributed by atoms with E-state index in [1.165, 1.54) is 6.07 Å². The minimum atomic E-state index is -0.753. The molecule has 3 nitrogen and oxygen atoms in total. The molecule has 1 N–H and O–H groups in total. The fraction of sp³-hybridized carbons (Fsp3) is 0.294. The van der Waals surface area contributed by atoms with Crippen molar-refractivity contribution in [1.82, 2.24) is 4.98 Å².